The molecule has 0 aliphatic heterocycles. The van der Waals surface area contributed by atoms with Crippen LogP contribution in [0.1, 0.15) is 76.0 Å². The first-order valence-corrected chi connectivity index (χ1v) is 8.72. The normalized spacial score (nSPS) is 34.1. The molecule has 0 aromatic heterocycles. The topological polar surface area (TPSA) is 43.1 Å². The van der Waals surface area contributed by atoms with Crippen LogP contribution in [0, 0.1) is 11.3 Å². The van der Waals surface area contributed by atoms with Crippen LogP contribution >= 0.6 is 0 Å². The van der Waals surface area contributed by atoms with Gasteiger partial charge < -0.3 is 5.73 Å². The average molecular weight is 299 g/mol. The maximum atomic E-state index is 12.2. The van der Waals surface area contributed by atoms with E-state index in [0.717, 1.165) is 25.7 Å². The third kappa shape index (κ3) is 2.11. The van der Waals surface area contributed by atoms with Crippen LogP contribution in [0.15, 0.2) is 18.2 Å². The number of rotatable bonds is 2. The van der Waals surface area contributed by atoms with Gasteiger partial charge in [0, 0.05) is 5.41 Å². The van der Waals surface area contributed by atoms with Crippen LogP contribution in [-0.2, 0) is 16.6 Å². The molecule has 2 heteroatoms. The van der Waals surface area contributed by atoms with Gasteiger partial charge in [-0.15, -0.1) is 0 Å². The van der Waals surface area contributed by atoms with Crippen molar-refractivity contribution in [2.24, 2.45) is 17.1 Å². The lowest BCUT2D eigenvalue weighted by atomic mass is 9.49. The monoisotopic (exact) mass is 299 g/mol. The molecular formula is C20H29NO. The van der Waals surface area contributed by atoms with Crippen LogP contribution in [0.2, 0.25) is 0 Å². The average Bonchev–Trinajstić information content (AvgIpc) is 2.46. The molecule has 0 saturated heterocycles. The minimum atomic E-state index is -0.346. The van der Waals surface area contributed by atoms with Gasteiger partial charge in [0.15, 0.2) is 0 Å². The number of carbonyl (C=O) groups excluding carboxylic acids is 1. The summed E-state index contributed by atoms with van der Waals surface area (Å²) in [5, 5.41) is 0. The van der Waals surface area contributed by atoms with Crippen molar-refractivity contribution in [2.45, 2.75) is 71.1 Å². The van der Waals surface area contributed by atoms with Crippen LogP contribution in [0.5, 0.6) is 0 Å². The molecule has 2 N–H and O–H groups in total. The molecule has 1 aromatic carbocycles. The highest BCUT2D eigenvalue weighted by atomic mass is 16.1. The van der Waals surface area contributed by atoms with E-state index in [1.165, 1.54) is 23.1 Å². The number of aryl methyl sites for hydroxylation is 1. The highest BCUT2D eigenvalue weighted by molar-refractivity contribution is 5.81. The van der Waals surface area contributed by atoms with E-state index in [9.17, 15) is 4.79 Å². The molecule has 1 amide bonds. The van der Waals surface area contributed by atoms with Crippen LogP contribution in [0.3, 0.4) is 0 Å². The fraction of sp³-hybridized carbons (Fsp3) is 0.650. The first kappa shape index (κ1) is 15.6. The summed E-state index contributed by atoms with van der Waals surface area (Å²) in [6.07, 6.45) is 5.39. The van der Waals surface area contributed by atoms with E-state index in [-0.39, 0.29) is 16.7 Å². The Labute approximate surface area is 134 Å². The summed E-state index contributed by atoms with van der Waals surface area (Å²) in [7, 11) is 0. The zero-order valence-electron chi connectivity index (χ0n) is 14.4. The Kier molecular flexibility index (Phi) is 3.62. The van der Waals surface area contributed by atoms with Gasteiger partial charge in [-0.05, 0) is 59.6 Å². The second-order valence-corrected chi connectivity index (χ2v) is 8.22. The smallest absolute Gasteiger partial charge is 0.223 e. The van der Waals surface area contributed by atoms with Gasteiger partial charge in [-0.25, -0.2) is 0 Å². The van der Waals surface area contributed by atoms with Gasteiger partial charge in [0.2, 0.25) is 5.91 Å². The van der Waals surface area contributed by atoms with E-state index < -0.39 is 0 Å². The van der Waals surface area contributed by atoms with Gasteiger partial charge in [0.1, 0.15) is 0 Å². The third-order valence-corrected chi connectivity index (χ3v) is 6.61. The SMILES string of the molecule is CC(C)c1ccc2c(c1)CCC1[C@](C)(C(N)=O)CCC[C@]21C. The van der Waals surface area contributed by atoms with Crippen molar-refractivity contribution in [1.29, 1.82) is 0 Å². The molecule has 1 fully saturated rings. The molecule has 3 rings (SSSR count). The van der Waals surface area contributed by atoms with Crippen LogP contribution in [-0.4, -0.2) is 5.91 Å². The van der Waals surface area contributed by atoms with Crippen LogP contribution < -0.4 is 5.73 Å². The standard InChI is InChI=1S/C20H29NO/c1-13(2)14-6-8-16-15(12-14)7-9-17-19(16,3)10-5-11-20(17,4)18(21)22/h6,8,12-13,17H,5,7,9-11H2,1-4H3,(H2,21,22)/t17?,19-,20-/m1/s1. The third-order valence-electron chi connectivity index (χ3n) is 6.61. The van der Waals surface area contributed by atoms with Crippen LogP contribution in [0.25, 0.3) is 0 Å². The fourth-order valence-corrected chi connectivity index (χ4v) is 5.17. The Morgan fingerprint density at radius 3 is 2.64 bits per heavy atom. The lowest BCUT2D eigenvalue weighted by Gasteiger charge is -2.54. The molecular weight excluding hydrogens is 270 g/mol. The molecule has 2 aliphatic carbocycles. The molecule has 0 spiro atoms. The molecule has 2 nitrogen and oxygen atoms in total. The maximum Gasteiger partial charge on any atom is 0.223 e. The van der Waals surface area contributed by atoms with Gasteiger partial charge in [-0.3, -0.25) is 4.79 Å². The molecule has 22 heavy (non-hydrogen) atoms. The minimum absolute atomic E-state index is 0.102. The van der Waals surface area contributed by atoms with E-state index in [1.54, 1.807) is 0 Å². The van der Waals surface area contributed by atoms with E-state index in [2.05, 4.69) is 45.9 Å². The van der Waals surface area contributed by atoms with Crippen molar-refractivity contribution < 1.29 is 4.79 Å². The summed E-state index contributed by atoms with van der Waals surface area (Å²) < 4.78 is 0. The fourth-order valence-electron chi connectivity index (χ4n) is 5.17. The number of amides is 1. The van der Waals surface area contributed by atoms with Crippen molar-refractivity contribution in [3.63, 3.8) is 0 Å². The van der Waals surface area contributed by atoms with E-state index in [0.29, 0.717) is 11.8 Å². The molecule has 1 unspecified atom stereocenters. The summed E-state index contributed by atoms with van der Waals surface area (Å²) in [6, 6.07) is 7.02. The summed E-state index contributed by atoms with van der Waals surface area (Å²) in [5.41, 5.74) is 9.97. The van der Waals surface area contributed by atoms with E-state index >= 15 is 0 Å². The number of hydrogen-bond donors (Lipinski definition) is 1. The van der Waals surface area contributed by atoms with Crippen molar-refractivity contribution in [3.05, 3.63) is 34.9 Å². The number of benzene rings is 1. The molecule has 1 saturated carbocycles. The summed E-state index contributed by atoms with van der Waals surface area (Å²) >= 11 is 0. The lowest BCUT2D eigenvalue weighted by molar-refractivity contribution is -0.135. The first-order valence-electron chi connectivity index (χ1n) is 8.72. The Bertz CT molecular complexity index is 606. The molecule has 120 valence electrons. The number of nitrogens with two attached hydrogens (primary N) is 1. The summed E-state index contributed by atoms with van der Waals surface area (Å²) in [4.78, 5) is 12.2. The van der Waals surface area contributed by atoms with Gasteiger partial charge >= 0.3 is 0 Å². The Balaban J connectivity index is 2.08. The predicted molar refractivity (Wildman–Crippen MR) is 90.8 cm³/mol. The quantitative estimate of drug-likeness (QED) is 0.869. The Hall–Kier alpha value is -1.31. The molecule has 1 aromatic rings. The van der Waals surface area contributed by atoms with E-state index in [1.807, 2.05) is 0 Å². The molecule has 2 aliphatic rings. The molecule has 0 radical (unpaired) electrons. The summed E-state index contributed by atoms with van der Waals surface area (Å²) in [5.74, 6) is 0.840. The van der Waals surface area contributed by atoms with E-state index in [4.69, 9.17) is 5.73 Å². The van der Waals surface area contributed by atoms with Crippen molar-refractivity contribution in [2.75, 3.05) is 0 Å². The molecule has 0 heterocycles. The van der Waals surface area contributed by atoms with Gasteiger partial charge in [0.25, 0.3) is 0 Å². The zero-order chi connectivity index (χ0) is 16.1. The minimum Gasteiger partial charge on any atom is -0.369 e. The highest BCUT2D eigenvalue weighted by Crippen LogP contribution is 2.57. The second-order valence-electron chi connectivity index (χ2n) is 8.22. The van der Waals surface area contributed by atoms with Crippen LogP contribution in [0.4, 0.5) is 0 Å². The van der Waals surface area contributed by atoms with Gasteiger partial charge in [0.05, 0.1) is 0 Å². The number of carbonyl (C=O) groups is 1. The predicted octanol–water partition coefficient (Wildman–Crippen LogP) is 4.31. The molecule has 3 atom stereocenters. The largest absolute Gasteiger partial charge is 0.369 e. The van der Waals surface area contributed by atoms with Crippen molar-refractivity contribution in [1.82, 2.24) is 0 Å². The van der Waals surface area contributed by atoms with Crippen molar-refractivity contribution in [3.8, 4) is 0 Å². The summed E-state index contributed by atoms with van der Waals surface area (Å²) in [6.45, 7) is 8.97. The molecule has 0 bridgehead atoms. The number of hydrogen-bond acceptors (Lipinski definition) is 1. The first-order chi connectivity index (χ1) is 10.3. The number of primary amides is 1. The van der Waals surface area contributed by atoms with Gasteiger partial charge in [-0.2, -0.15) is 0 Å². The highest BCUT2D eigenvalue weighted by Gasteiger charge is 2.54. The van der Waals surface area contributed by atoms with Crippen molar-refractivity contribution >= 4 is 5.91 Å². The Morgan fingerprint density at radius 1 is 1.27 bits per heavy atom. The van der Waals surface area contributed by atoms with Gasteiger partial charge in [-0.1, -0.05) is 52.3 Å². The zero-order valence-corrected chi connectivity index (χ0v) is 14.4. The lowest BCUT2D eigenvalue weighted by Crippen LogP contribution is -2.54. The number of fused-ring (bicyclic) bond motifs is 3. The Morgan fingerprint density at radius 2 is 2.00 bits per heavy atom. The second kappa shape index (κ2) is 5.11. The maximum absolute atomic E-state index is 12.2.